The summed E-state index contributed by atoms with van der Waals surface area (Å²) in [4.78, 5) is 39.5. The van der Waals surface area contributed by atoms with Gasteiger partial charge < -0.3 is 20.3 Å². The van der Waals surface area contributed by atoms with Crippen LogP contribution in [0, 0.1) is 0 Å². The molecule has 1 aromatic rings. The van der Waals surface area contributed by atoms with E-state index in [1.54, 1.807) is 24.3 Å². The Labute approximate surface area is 212 Å². The van der Waals surface area contributed by atoms with Gasteiger partial charge in [0.15, 0.2) is 5.79 Å². The molecule has 2 fully saturated rings. The van der Waals surface area contributed by atoms with E-state index in [-0.39, 0.29) is 25.5 Å². The van der Waals surface area contributed by atoms with Gasteiger partial charge in [-0.3, -0.25) is 14.5 Å². The van der Waals surface area contributed by atoms with Gasteiger partial charge in [-0.2, -0.15) is 0 Å². The number of hydrogen-bond donors (Lipinski definition) is 2. The molecule has 13 heteroatoms. The zero-order chi connectivity index (χ0) is 25.3. The van der Waals surface area contributed by atoms with E-state index in [9.17, 15) is 14.4 Å². The van der Waals surface area contributed by atoms with Crippen molar-refractivity contribution in [1.29, 1.82) is 0 Å². The average molecular weight is 539 g/mol. The van der Waals surface area contributed by atoms with Crippen LogP contribution >= 0.6 is 34.8 Å². The zero-order valence-corrected chi connectivity index (χ0v) is 21.3. The van der Waals surface area contributed by atoms with Gasteiger partial charge in [-0.1, -0.05) is 34.8 Å². The van der Waals surface area contributed by atoms with Crippen LogP contribution in [0.25, 0.3) is 0 Å². The van der Waals surface area contributed by atoms with Gasteiger partial charge in [-0.05, 0) is 31.2 Å². The van der Waals surface area contributed by atoms with Gasteiger partial charge in [0.1, 0.15) is 12.3 Å². The van der Waals surface area contributed by atoms with E-state index < -0.39 is 33.9 Å². The lowest BCUT2D eigenvalue weighted by Crippen LogP contribution is -2.68. The van der Waals surface area contributed by atoms with E-state index in [1.165, 1.54) is 30.6 Å². The lowest BCUT2D eigenvalue weighted by Gasteiger charge is -2.49. The molecule has 0 radical (unpaired) electrons. The van der Waals surface area contributed by atoms with Crippen molar-refractivity contribution in [1.82, 2.24) is 15.5 Å². The number of alkyl halides is 4. The standard InChI is InChI=1S/C21H27Cl3FN5O4/c1-13(31)26-10-17-11-29(19(33)34-17)16-6-4-15(5-7-16)28-8-9-30(20(3,25)12-28)18(21(22,23)24)27-14(2)32/h4-7,17-18H,8-12H2,1-3H3,(H,26,31)(H,27,32). The van der Waals surface area contributed by atoms with E-state index >= 15 is 4.39 Å². The number of nitrogens with one attached hydrogen (secondary N) is 2. The summed E-state index contributed by atoms with van der Waals surface area (Å²) in [6.45, 7) is 5.16. The van der Waals surface area contributed by atoms with Crippen LogP contribution in [-0.4, -0.2) is 77.4 Å². The monoisotopic (exact) mass is 537 g/mol. The minimum Gasteiger partial charge on any atom is -0.442 e. The van der Waals surface area contributed by atoms with E-state index in [4.69, 9.17) is 39.5 Å². The Kier molecular flexibility index (Phi) is 8.07. The van der Waals surface area contributed by atoms with Gasteiger partial charge in [0.05, 0.1) is 19.6 Å². The van der Waals surface area contributed by atoms with Gasteiger partial charge >= 0.3 is 6.09 Å². The summed E-state index contributed by atoms with van der Waals surface area (Å²) in [5.74, 6) is -2.55. The SMILES string of the molecule is CC(=O)NCC1CN(c2ccc(N3CCN(C(NC(C)=O)C(Cl)(Cl)Cl)C(C)(F)C3)cc2)C(=O)O1. The molecule has 34 heavy (non-hydrogen) atoms. The lowest BCUT2D eigenvalue weighted by atomic mass is 10.1. The molecule has 2 aliphatic rings. The predicted molar refractivity (Wildman–Crippen MR) is 129 cm³/mol. The number of ether oxygens (including phenoxy) is 1. The summed E-state index contributed by atoms with van der Waals surface area (Å²) in [7, 11) is 0. The third-order valence-corrected chi connectivity index (χ3v) is 6.25. The highest BCUT2D eigenvalue weighted by Crippen LogP contribution is 2.38. The van der Waals surface area contributed by atoms with E-state index in [1.807, 2.05) is 4.90 Å². The molecule has 2 N–H and O–H groups in total. The van der Waals surface area contributed by atoms with Crippen LogP contribution in [-0.2, 0) is 14.3 Å². The Morgan fingerprint density at radius 2 is 1.79 bits per heavy atom. The van der Waals surface area contributed by atoms with Crippen LogP contribution in [0.2, 0.25) is 0 Å². The van der Waals surface area contributed by atoms with Crippen molar-refractivity contribution >= 4 is 64.1 Å². The number of benzene rings is 1. The maximum absolute atomic E-state index is 15.7. The molecule has 2 heterocycles. The fraction of sp³-hybridized carbons (Fsp3) is 0.571. The summed E-state index contributed by atoms with van der Waals surface area (Å²) in [5, 5.41) is 5.16. The maximum atomic E-state index is 15.7. The summed E-state index contributed by atoms with van der Waals surface area (Å²) in [5.41, 5.74) is 1.38. The number of amides is 3. The second-order valence-corrected chi connectivity index (χ2v) is 10.8. The molecule has 188 valence electrons. The quantitative estimate of drug-likeness (QED) is 0.427. The number of anilines is 2. The molecule has 2 saturated heterocycles. The minimum absolute atomic E-state index is 0.0340. The molecule has 0 spiro atoms. The Morgan fingerprint density at radius 3 is 2.32 bits per heavy atom. The first-order valence-electron chi connectivity index (χ1n) is 10.6. The lowest BCUT2D eigenvalue weighted by molar-refractivity contribution is -0.124. The summed E-state index contributed by atoms with van der Waals surface area (Å²) in [6.07, 6.45) is -2.07. The summed E-state index contributed by atoms with van der Waals surface area (Å²) >= 11 is 18.1. The Morgan fingerprint density at radius 1 is 1.18 bits per heavy atom. The van der Waals surface area contributed by atoms with Crippen molar-refractivity contribution in [2.24, 2.45) is 0 Å². The van der Waals surface area contributed by atoms with Crippen LogP contribution in [0.3, 0.4) is 0 Å². The number of carbonyl (C=O) groups is 3. The van der Waals surface area contributed by atoms with Crippen molar-refractivity contribution in [3.63, 3.8) is 0 Å². The van der Waals surface area contributed by atoms with Crippen molar-refractivity contribution < 1.29 is 23.5 Å². The topological polar surface area (TPSA) is 94.2 Å². The zero-order valence-electron chi connectivity index (χ0n) is 19.0. The van der Waals surface area contributed by atoms with Crippen LogP contribution in [0.1, 0.15) is 20.8 Å². The fourth-order valence-electron chi connectivity index (χ4n) is 4.07. The van der Waals surface area contributed by atoms with E-state index in [0.29, 0.717) is 18.8 Å². The molecule has 3 rings (SSSR count). The van der Waals surface area contributed by atoms with E-state index in [0.717, 1.165) is 5.69 Å². The number of piperazine rings is 1. The number of nitrogens with zero attached hydrogens (tertiary/aromatic N) is 3. The molecule has 0 saturated carbocycles. The molecular weight excluding hydrogens is 512 g/mol. The first kappa shape index (κ1) is 26.6. The molecular formula is C21H27Cl3FN5O4. The molecule has 1 aromatic carbocycles. The van der Waals surface area contributed by atoms with Crippen molar-refractivity contribution in [2.45, 2.75) is 42.6 Å². The second kappa shape index (κ2) is 10.3. The largest absolute Gasteiger partial charge is 0.442 e. The number of halogens is 4. The molecule has 3 atom stereocenters. The second-order valence-electron chi connectivity index (χ2n) is 8.47. The Bertz CT molecular complexity index is 928. The van der Waals surface area contributed by atoms with Crippen molar-refractivity contribution in [2.75, 3.05) is 42.5 Å². The first-order valence-corrected chi connectivity index (χ1v) is 11.8. The predicted octanol–water partition coefficient (Wildman–Crippen LogP) is 2.79. The van der Waals surface area contributed by atoms with Gasteiger partial charge in [-0.15, -0.1) is 0 Å². The Balaban J connectivity index is 1.68. The number of hydrogen-bond acceptors (Lipinski definition) is 6. The van der Waals surface area contributed by atoms with Gasteiger partial charge in [-0.25, -0.2) is 14.1 Å². The highest BCUT2D eigenvalue weighted by molar-refractivity contribution is 6.68. The maximum Gasteiger partial charge on any atom is 0.414 e. The molecule has 0 aromatic heterocycles. The van der Waals surface area contributed by atoms with Crippen molar-refractivity contribution in [3.05, 3.63) is 24.3 Å². The third kappa shape index (κ3) is 6.35. The molecule has 9 nitrogen and oxygen atoms in total. The Hall–Kier alpha value is -2.01. The van der Waals surface area contributed by atoms with Crippen LogP contribution in [0.4, 0.5) is 20.6 Å². The molecule has 0 aliphatic carbocycles. The van der Waals surface area contributed by atoms with Crippen LogP contribution < -0.4 is 20.4 Å². The van der Waals surface area contributed by atoms with Gasteiger partial charge in [0.2, 0.25) is 15.6 Å². The molecule has 3 amide bonds. The summed E-state index contributed by atoms with van der Waals surface area (Å²) < 4.78 is 19.1. The number of carbonyl (C=O) groups excluding carboxylic acids is 3. The molecule has 0 bridgehead atoms. The molecule has 2 aliphatic heterocycles. The van der Waals surface area contributed by atoms with Gasteiger partial charge in [0.25, 0.3) is 0 Å². The fourth-order valence-corrected chi connectivity index (χ4v) is 4.58. The number of cyclic esters (lactones) is 1. The highest BCUT2D eigenvalue weighted by atomic mass is 35.6. The van der Waals surface area contributed by atoms with Crippen molar-refractivity contribution in [3.8, 4) is 0 Å². The first-order chi connectivity index (χ1) is 15.8. The highest BCUT2D eigenvalue weighted by Gasteiger charge is 2.48. The molecule has 3 unspecified atom stereocenters. The third-order valence-electron chi connectivity index (χ3n) is 5.63. The van der Waals surface area contributed by atoms with Crippen LogP contribution in [0.15, 0.2) is 24.3 Å². The van der Waals surface area contributed by atoms with E-state index in [2.05, 4.69) is 10.6 Å². The summed E-state index contributed by atoms with van der Waals surface area (Å²) in [6, 6.07) is 7.08. The minimum atomic E-state index is -1.93. The van der Waals surface area contributed by atoms with Gasteiger partial charge in [0, 0.05) is 38.3 Å². The number of rotatable bonds is 6. The van der Waals surface area contributed by atoms with Crippen LogP contribution in [0.5, 0.6) is 0 Å². The average Bonchev–Trinajstić information content (AvgIpc) is 3.10. The smallest absolute Gasteiger partial charge is 0.414 e. The normalized spacial score (nSPS) is 24.6.